The van der Waals surface area contributed by atoms with E-state index in [1.54, 1.807) is 0 Å². The second-order valence-corrected chi connectivity index (χ2v) is 8.50. The first-order valence-electron chi connectivity index (χ1n) is 2.25. The summed E-state index contributed by atoms with van der Waals surface area (Å²) in [6.45, 7) is 4.03. The van der Waals surface area contributed by atoms with Crippen molar-refractivity contribution >= 4 is 34.8 Å². The van der Waals surface area contributed by atoms with Crippen molar-refractivity contribution < 1.29 is 0 Å². The Balaban J connectivity index is 4.04. The SMILES string of the molecule is CNC(=S)P(C)(C)=S. The Hall–Kier alpha value is 0.540. The van der Waals surface area contributed by atoms with Gasteiger partial charge in [0, 0.05) is 13.1 Å². The van der Waals surface area contributed by atoms with Gasteiger partial charge in [-0.25, -0.2) is 0 Å². The van der Waals surface area contributed by atoms with Crippen LogP contribution in [-0.4, -0.2) is 25.1 Å². The first-order chi connectivity index (χ1) is 3.48. The molecule has 8 heavy (non-hydrogen) atoms. The highest BCUT2D eigenvalue weighted by Crippen LogP contribution is 2.36. The predicted molar refractivity (Wildman–Crippen MR) is 47.8 cm³/mol. The fraction of sp³-hybridized carbons (Fsp3) is 0.750. The quantitative estimate of drug-likeness (QED) is 0.466. The molecular formula is C4H10NPS2. The average Bonchev–Trinajstić information content (AvgIpc) is 1.62. The molecule has 0 aromatic heterocycles. The maximum Gasteiger partial charge on any atom is 0.107 e. The van der Waals surface area contributed by atoms with Crippen molar-refractivity contribution in [2.75, 3.05) is 20.4 Å². The van der Waals surface area contributed by atoms with Gasteiger partial charge in [-0.2, -0.15) is 0 Å². The molecule has 0 atom stereocenters. The molecule has 0 radical (unpaired) electrons. The normalized spacial score (nSPS) is 10.9. The van der Waals surface area contributed by atoms with E-state index in [0.717, 1.165) is 4.73 Å². The molecule has 0 heterocycles. The Labute approximate surface area is 60.9 Å². The fourth-order valence-corrected chi connectivity index (χ4v) is 1.08. The van der Waals surface area contributed by atoms with Crippen LogP contribution in [-0.2, 0) is 11.8 Å². The van der Waals surface area contributed by atoms with Crippen LogP contribution >= 0.6 is 18.3 Å². The lowest BCUT2D eigenvalue weighted by atomic mass is 11.2. The molecule has 0 aromatic carbocycles. The average molecular weight is 167 g/mol. The van der Waals surface area contributed by atoms with Gasteiger partial charge in [0.15, 0.2) is 0 Å². The molecule has 0 rings (SSSR count). The summed E-state index contributed by atoms with van der Waals surface area (Å²) in [6, 6.07) is -1.30. The molecule has 48 valence electrons. The molecule has 0 saturated carbocycles. The van der Waals surface area contributed by atoms with Gasteiger partial charge in [0.05, 0.1) is 0 Å². The van der Waals surface area contributed by atoms with Crippen LogP contribution in [0.5, 0.6) is 0 Å². The minimum atomic E-state index is -1.30. The largest absolute Gasteiger partial charge is 0.379 e. The topological polar surface area (TPSA) is 12.0 Å². The van der Waals surface area contributed by atoms with Crippen LogP contribution in [0.1, 0.15) is 0 Å². The van der Waals surface area contributed by atoms with Gasteiger partial charge in [0.1, 0.15) is 4.73 Å². The molecule has 0 aliphatic carbocycles. The molecule has 0 spiro atoms. The monoisotopic (exact) mass is 167 g/mol. The summed E-state index contributed by atoms with van der Waals surface area (Å²) in [5, 5.41) is 2.88. The van der Waals surface area contributed by atoms with Crippen LogP contribution in [0.15, 0.2) is 0 Å². The summed E-state index contributed by atoms with van der Waals surface area (Å²) >= 11 is 10.0. The third-order valence-corrected chi connectivity index (χ3v) is 4.37. The summed E-state index contributed by atoms with van der Waals surface area (Å²) in [5.41, 5.74) is 0. The van der Waals surface area contributed by atoms with Crippen LogP contribution in [0.2, 0.25) is 0 Å². The van der Waals surface area contributed by atoms with Crippen molar-refractivity contribution in [2.45, 2.75) is 0 Å². The molecule has 0 fully saturated rings. The molecule has 1 nitrogen and oxygen atoms in total. The second kappa shape index (κ2) is 2.90. The zero-order valence-corrected chi connectivity index (χ0v) is 7.79. The minimum absolute atomic E-state index is 0.840. The van der Waals surface area contributed by atoms with Crippen LogP contribution in [0, 0.1) is 0 Å². The second-order valence-electron chi connectivity index (χ2n) is 1.91. The summed E-state index contributed by atoms with van der Waals surface area (Å²) in [7, 11) is 1.82. The zero-order valence-electron chi connectivity index (χ0n) is 5.26. The number of rotatable bonds is 1. The highest BCUT2D eigenvalue weighted by molar-refractivity contribution is 8.27. The number of nitrogens with one attached hydrogen (secondary N) is 1. The number of thiocarbonyl (C=S) groups is 1. The Bertz CT molecular complexity index is 137. The van der Waals surface area contributed by atoms with Crippen LogP contribution in [0.3, 0.4) is 0 Å². The standard InChI is InChI=1S/C4H10NPS2/c1-5-4(7)6(2,3)8/h1-3H3,(H,5,7). The van der Waals surface area contributed by atoms with Crippen molar-refractivity contribution in [1.82, 2.24) is 5.32 Å². The Morgan fingerprint density at radius 3 is 1.88 bits per heavy atom. The van der Waals surface area contributed by atoms with Crippen molar-refractivity contribution in [1.29, 1.82) is 0 Å². The number of hydrogen-bond donors (Lipinski definition) is 1. The first kappa shape index (κ1) is 8.54. The Morgan fingerprint density at radius 1 is 1.50 bits per heavy atom. The van der Waals surface area contributed by atoms with E-state index in [4.69, 9.17) is 24.0 Å². The Kier molecular flexibility index (Phi) is 3.10. The number of hydrogen-bond acceptors (Lipinski definition) is 2. The molecule has 0 bridgehead atoms. The highest BCUT2D eigenvalue weighted by atomic mass is 32.4. The molecule has 0 aromatic rings. The van der Waals surface area contributed by atoms with E-state index in [0.29, 0.717) is 0 Å². The van der Waals surface area contributed by atoms with E-state index >= 15 is 0 Å². The van der Waals surface area contributed by atoms with Gasteiger partial charge in [-0.05, 0) is 13.3 Å². The van der Waals surface area contributed by atoms with Gasteiger partial charge in [-0.15, -0.1) is 0 Å². The van der Waals surface area contributed by atoms with Gasteiger partial charge >= 0.3 is 0 Å². The van der Waals surface area contributed by atoms with Gasteiger partial charge < -0.3 is 5.32 Å². The lowest BCUT2D eigenvalue weighted by Gasteiger charge is -2.09. The van der Waals surface area contributed by atoms with E-state index in [9.17, 15) is 0 Å². The lowest BCUT2D eigenvalue weighted by Crippen LogP contribution is -2.14. The molecule has 0 aliphatic heterocycles. The molecule has 0 amide bonds. The maximum absolute atomic E-state index is 5.11. The van der Waals surface area contributed by atoms with Crippen molar-refractivity contribution in [3.05, 3.63) is 0 Å². The van der Waals surface area contributed by atoms with E-state index in [-0.39, 0.29) is 0 Å². The van der Waals surface area contributed by atoms with E-state index in [1.165, 1.54) is 0 Å². The zero-order chi connectivity index (χ0) is 6.78. The van der Waals surface area contributed by atoms with E-state index in [1.807, 2.05) is 20.4 Å². The van der Waals surface area contributed by atoms with Gasteiger partial charge in [-0.3, -0.25) is 0 Å². The molecule has 0 saturated heterocycles. The third kappa shape index (κ3) is 2.75. The first-order valence-corrected chi connectivity index (χ1v) is 6.36. The minimum Gasteiger partial charge on any atom is -0.379 e. The molecule has 0 aliphatic rings. The van der Waals surface area contributed by atoms with E-state index < -0.39 is 6.04 Å². The summed E-state index contributed by atoms with van der Waals surface area (Å²) < 4.78 is 0.840. The van der Waals surface area contributed by atoms with Crippen LogP contribution < -0.4 is 5.32 Å². The lowest BCUT2D eigenvalue weighted by molar-refractivity contribution is 1.23. The third-order valence-electron chi connectivity index (χ3n) is 0.703. The maximum atomic E-state index is 5.11. The fourth-order valence-electron chi connectivity index (χ4n) is 0.269. The molecule has 1 N–H and O–H groups in total. The van der Waals surface area contributed by atoms with Crippen LogP contribution in [0.4, 0.5) is 0 Å². The van der Waals surface area contributed by atoms with Gasteiger partial charge in [0.25, 0.3) is 0 Å². The molecule has 0 unspecified atom stereocenters. The molecular weight excluding hydrogens is 157 g/mol. The summed E-state index contributed by atoms with van der Waals surface area (Å²) in [4.78, 5) is 0. The van der Waals surface area contributed by atoms with Crippen molar-refractivity contribution in [3.63, 3.8) is 0 Å². The van der Waals surface area contributed by atoms with Crippen LogP contribution in [0.25, 0.3) is 0 Å². The molecule has 4 heteroatoms. The summed E-state index contributed by atoms with van der Waals surface area (Å²) in [5.74, 6) is 0. The Morgan fingerprint density at radius 2 is 1.88 bits per heavy atom. The van der Waals surface area contributed by atoms with Gasteiger partial charge in [0.2, 0.25) is 0 Å². The van der Waals surface area contributed by atoms with Crippen molar-refractivity contribution in [3.8, 4) is 0 Å². The van der Waals surface area contributed by atoms with Gasteiger partial charge in [-0.1, -0.05) is 24.0 Å². The smallest absolute Gasteiger partial charge is 0.107 e. The summed E-state index contributed by atoms with van der Waals surface area (Å²) in [6.07, 6.45) is 0. The van der Waals surface area contributed by atoms with E-state index in [2.05, 4.69) is 5.32 Å². The van der Waals surface area contributed by atoms with Crippen molar-refractivity contribution in [2.24, 2.45) is 0 Å². The highest BCUT2D eigenvalue weighted by Gasteiger charge is 2.05. The predicted octanol–water partition coefficient (Wildman–Crippen LogP) is 1.23.